The van der Waals surface area contributed by atoms with Gasteiger partial charge in [-0.15, -0.1) is 0 Å². The van der Waals surface area contributed by atoms with Gasteiger partial charge in [-0.2, -0.15) is 0 Å². The van der Waals surface area contributed by atoms with Gasteiger partial charge < -0.3 is 14.7 Å². The average Bonchev–Trinajstić information content (AvgIpc) is 2.54. The Balaban J connectivity index is 3.75. The third kappa shape index (κ3) is 14.5. The van der Waals surface area contributed by atoms with Crippen LogP contribution in [0.4, 0.5) is 0 Å². The Labute approximate surface area is 162 Å². The summed E-state index contributed by atoms with van der Waals surface area (Å²) in [6, 6.07) is 0. The molecule has 0 amide bonds. The molecular formula is C22H46NO3+. The maximum absolute atomic E-state index is 11.0. The van der Waals surface area contributed by atoms with Crippen molar-refractivity contribution in [1.29, 1.82) is 0 Å². The molecule has 0 spiro atoms. The molecule has 1 atom stereocenters. The van der Waals surface area contributed by atoms with Gasteiger partial charge in [-0.1, -0.05) is 90.9 Å². The zero-order chi connectivity index (χ0) is 19.9. The van der Waals surface area contributed by atoms with Gasteiger partial charge in [0.25, 0.3) is 0 Å². The van der Waals surface area contributed by atoms with Gasteiger partial charge in [-0.05, 0) is 12.8 Å². The molecule has 0 aromatic rings. The fourth-order valence-electron chi connectivity index (χ4n) is 3.88. The molecule has 0 rings (SSSR count). The van der Waals surface area contributed by atoms with Crippen LogP contribution in [-0.2, 0) is 4.79 Å². The van der Waals surface area contributed by atoms with Gasteiger partial charge >= 0.3 is 5.97 Å². The van der Waals surface area contributed by atoms with Crippen molar-refractivity contribution in [3.05, 3.63) is 0 Å². The minimum atomic E-state index is -0.807. The molecule has 26 heavy (non-hydrogen) atoms. The summed E-state index contributed by atoms with van der Waals surface area (Å²) < 4.78 is 0.331. The molecule has 0 aromatic heterocycles. The molecule has 0 saturated carbocycles. The maximum atomic E-state index is 11.0. The molecule has 0 saturated heterocycles. The molecule has 0 aromatic carbocycles. The molecule has 0 aliphatic rings. The number of nitrogens with zero attached hydrogens (tertiary/aromatic N) is 1. The lowest BCUT2D eigenvalue weighted by atomic mass is 9.91. The lowest BCUT2D eigenvalue weighted by Crippen LogP contribution is -2.53. The normalized spacial score (nSPS) is 14.3. The van der Waals surface area contributed by atoms with Crippen molar-refractivity contribution in [2.75, 3.05) is 27.2 Å². The predicted molar refractivity (Wildman–Crippen MR) is 110 cm³/mol. The Kier molecular flexibility index (Phi) is 14.1. The van der Waals surface area contributed by atoms with Crippen LogP contribution in [0.2, 0.25) is 0 Å². The van der Waals surface area contributed by atoms with Crippen molar-refractivity contribution in [3.8, 4) is 0 Å². The highest BCUT2D eigenvalue weighted by Gasteiger charge is 2.34. The molecule has 2 N–H and O–H groups in total. The molecule has 0 radical (unpaired) electrons. The van der Waals surface area contributed by atoms with Gasteiger partial charge in [0.2, 0.25) is 0 Å². The van der Waals surface area contributed by atoms with Gasteiger partial charge in [0, 0.05) is 0 Å². The van der Waals surface area contributed by atoms with E-state index in [4.69, 9.17) is 5.11 Å². The number of hydrogen-bond acceptors (Lipinski definition) is 2. The Hall–Kier alpha value is -0.610. The number of unbranched alkanes of at least 4 members (excludes halogenated alkanes) is 11. The number of aliphatic hydroxyl groups is 1. The van der Waals surface area contributed by atoms with E-state index >= 15 is 0 Å². The topological polar surface area (TPSA) is 57.5 Å². The van der Waals surface area contributed by atoms with E-state index in [2.05, 4.69) is 6.92 Å². The van der Waals surface area contributed by atoms with Crippen LogP contribution in [-0.4, -0.2) is 53.5 Å². The second kappa shape index (κ2) is 14.4. The summed E-state index contributed by atoms with van der Waals surface area (Å²) >= 11 is 0. The first-order chi connectivity index (χ1) is 12.2. The largest absolute Gasteiger partial charge is 0.477 e. The molecule has 4 heteroatoms. The van der Waals surface area contributed by atoms with Crippen molar-refractivity contribution in [2.24, 2.45) is 0 Å². The quantitative estimate of drug-likeness (QED) is 0.251. The van der Waals surface area contributed by atoms with Gasteiger partial charge in [0.15, 0.2) is 6.54 Å². The van der Waals surface area contributed by atoms with E-state index in [1.807, 2.05) is 21.0 Å². The fraction of sp³-hybridized carbons (Fsp3) is 0.955. The number of quaternary nitrogens is 1. The summed E-state index contributed by atoms with van der Waals surface area (Å²) in [5.74, 6) is -0.807. The Bertz CT molecular complexity index is 357. The first-order valence-corrected chi connectivity index (χ1v) is 11.0. The minimum Gasteiger partial charge on any atom is -0.477 e. The van der Waals surface area contributed by atoms with Gasteiger partial charge in [0.1, 0.15) is 12.1 Å². The smallest absolute Gasteiger partial charge is 0.359 e. The highest BCUT2D eigenvalue weighted by molar-refractivity contribution is 5.67. The van der Waals surface area contributed by atoms with Gasteiger partial charge in [-0.3, -0.25) is 0 Å². The number of carboxylic acids is 1. The van der Waals surface area contributed by atoms with Crippen molar-refractivity contribution in [2.45, 2.75) is 109 Å². The number of hydrogen-bond donors (Lipinski definition) is 2. The number of aliphatic carboxylic acids is 1. The van der Waals surface area contributed by atoms with Crippen LogP contribution in [0.25, 0.3) is 0 Å². The van der Waals surface area contributed by atoms with E-state index in [1.165, 1.54) is 70.6 Å². The van der Waals surface area contributed by atoms with Crippen molar-refractivity contribution >= 4 is 5.97 Å². The number of rotatable bonds is 18. The van der Waals surface area contributed by atoms with Crippen LogP contribution >= 0.6 is 0 Å². The zero-order valence-corrected chi connectivity index (χ0v) is 18.1. The molecule has 0 bridgehead atoms. The Morgan fingerprint density at radius 1 is 0.808 bits per heavy atom. The van der Waals surface area contributed by atoms with E-state index in [0.717, 1.165) is 12.8 Å². The summed E-state index contributed by atoms with van der Waals surface area (Å²) in [7, 11) is 3.77. The molecule has 1 unspecified atom stereocenters. The Morgan fingerprint density at radius 2 is 1.23 bits per heavy atom. The van der Waals surface area contributed by atoms with E-state index in [-0.39, 0.29) is 6.54 Å². The first kappa shape index (κ1) is 25.4. The molecule has 0 aliphatic heterocycles. The van der Waals surface area contributed by atoms with Crippen molar-refractivity contribution in [1.82, 2.24) is 0 Å². The summed E-state index contributed by atoms with van der Waals surface area (Å²) in [6.07, 6.45) is 17.2. The number of carboxylic acid groups (broad SMARTS) is 1. The Morgan fingerprint density at radius 3 is 1.62 bits per heavy atom. The van der Waals surface area contributed by atoms with Gasteiger partial charge in [-0.25, -0.2) is 4.79 Å². The molecule has 156 valence electrons. The third-order valence-electron chi connectivity index (χ3n) is 5.44. The first-order valence-electron chi connectivity index (χ1n) is 11.0. The van der Waals surface area contributed by atoms with Crippen LogP contribution in [0.1, 0.15) is 104 Å². The highest BCUT2D eigenvalue weighted by atomic mass is 16.4. The monoisotopic (exact) mass is 372 g/mol. The summed E-state index contributed by atoms with van der Waals surface area (Å²) in [6.45, 7) is 4.83. The van der Waals surface area contributed by atoms with E-state index in [0.29, 0.717) is 17.4 Å². The highest BCUT2D eigenvalue weighted by Crippen LogP contribution is 2.23. The van der Waals surface area contributed by atoms with Crippen LogP contribution in [0.15, 0.2) is 0 Å². The standard InChI is InChI=1S/C22H45NO3/c1-5-7-8-9-10-11-12-13-14-15-16-17-18-22(26,6-2)20-23(3,4)19-21(24)25/h26H,5-20H2,1-4H3/p+1. The van der Waals surface area contributed by atoms with Crippen molar-refractivity contribution in [3.63, 3.8) is 0 Å². The van der Waals surface area contributed by atoms with Gasteiger partial charge in [0.05, 0.1) is 14.1 Å². The van der Waals surface area contributed by atoms with Crippen LogP contribution < -0.4 is 0 Å². The van der Waals surface area contributed by atoms with E-state index < -0.39 is 11.6 Å². The SMILES string of the molecule is CCCCCCCCCCCCCCC(O)(CC)C[N+](C)(C)CC(=O)O. The van der Waals surface area contributed by atoms with Crippen LogP contribution in [0.3, 0.4) is 0 Å². The predicted octanol–water partition coefficient (Wildman–Crippen LogP) is 5.38. The zero-order valence-electron chi connectivity index (χ0n) is 18.1. The fourth-order valence-corrected chi connectivity index (χ4v) is 3.88. The molecule has 0 heterocycles. The van der Waals surface area contributed by atoms with E-state index in [1.54, 1.807) is 0 Å². The van der Waals surface area contributed by atoms with E-state index in [9.17, 15) is 9.90 Å². The molecule has 0 fully saturated rings. The average molecular weight is 373 g/mol. The summed E-state index contributed by atoms with van der Waals surface area (Å²) in [5, 5.41) is 19.8. The minimum absolute atomic E-state index is 0.0563. The van der Waals surface area contributed by atoms with Crippen LogP contribution in [0.5, 0.6) is 0 Å². The summed E-state index contributed by atoms with van der Waals surface area (Å²) in [5.41, 5.74) is -0.739. The second-order valence-electron chi connectivity index (χ2n) is 8.86. The molecular weight excluding hydrogens is 326 g/mol. The van der Waals surface area contributed by atoms with Crippen molar-refractivity contribution < 1.29 is 19.5 Å². The summed E-state index contributed by atoms with van der Waals surface area (Å²) in [4.78, 5) is 11.0. The second-order valence-corrected chi connectivity index (χ2v) is 8.86. The molecule has 0 aliphatic carbocycles. The maximum Gasteiger partial charge on any atom is 0.359 e. The number of likely N-dealkylation sites (N-methyl/N-ethyl adjacent to an activating group) is 1. The lowest BCUT2D eigenvalue weighted by molar-refractivity contribution is -0.889. The van der Waals surface area contributed by atoms with Crippen LogP contribution in [0, 0.1) is 0 Å². The molecule has 4 nitrogen and oxygen atoms in total. The lowest BCUT2D eigenvalue weighted by Gasteiger charge is -2.37. The third-order valence-corrected chi connectivity index (χ3v) is 5.44. The number of carbonyl (C=O) groups is 1.